The Labute approximate surface area is 132 Å². The lowest BCUT2D eigenvalue weighted by Crippen LogP contribution is -2.25. The standard InChI is InChI=1S/C17H24ClNO2/c1-20-15-8-7-13(16(18)17(15)21-2)9-19-10-14(11-3-4-11)12-5-6-12/h7-8,11-12,14,19H,3-6,9-10H2,1-2H3. The van der Waals surface area contributed by atoms with Gasteiger partial charge in [-0.05, 0) is 61.6 Å². The van der Waals surface area contributed by atoms with Crippen LogP contribution >= 0.6 is 11.6 Å². The summed E-state index contributed by atoms with van der Waals surface area (Å²) < 4.78 is 10.6. The van der Waals surface area contributed by atoms with Gasteiger partial charge in [0.1, 0.15) is 0 Å². The van der Waals surface area contributed by atoms with Gasteiger partial charge in [-0.2, -0.15) is 0 Å². The highest BCUT2D eigenvalue weighted by Gasteiger charge is 2.40. The van der Waals surface area contributed by atoms with Crippen LogP contribution in [0.1, 0.15) is 31.2 Å². The lowest BCUT2D eigenvalue weighted by atomic mass is 9.98. The molecular weight excluding hydrogens is 286 g/mol. The summed E-state index contributed by atoms with van der Waals surface area (Å²) in [5.74, 6) is 4.14. The molecule has 0 spiro atoms. The van der Waals surface area contributed by atoms with Crippen LogP contribution in [0.2, 0.25) is 5.02 Å². The molecule has 3 rings (SSSR count). The van der Waals surface area contributed by atoms with Gasteiger partial charge in [0.05, 0.1) is 19.2 Å². The molecule has 0 aliphatic heterocycles. The van der Waals surface area contributed by atoms with Crippen molar-refractivity contribution in [2.45, 2.75) is 32.2 Å². The lowest BCUT2D eigenvalue weighted by molar-refractivity contribution is 0.354. The first kappa shape index (κ1) is 15.0. The van der Waals surface area contributed by atoms with Gasteiger partial charge in [0, 0.05) is 6.54 Å². The normalized spacial score (nSPS) is 18.1. The quantitative estimate of drug-likeness (QED) is 0.790. The molecule has 4 heteroatoms. The molecule has 1 N–H and O–H groups in total. The maximum Gasteiger partial charge on any atom is 0.179 e. The average Bonchev–Trinajstić information content (AvgIpc) is 3.38. The predicted octanol–water partition coefficient (Wildman–Crippen LogP) is 3.88. The Balaban J connectivity index is 1.59. The molecule has 0 unspecified atom stereocenters. The van der Waals surface area contributed by atoms with Crippen molar-refractivity contribution in [2.75, 3.05) is 20.8 Å². The van der Waals surface area contributed by atoms with Crippen LogP contribution in [0.3, 0.4) is 0 Å². The van der Waals surface area contributed by atoms with Gasteiger partial charge in [0.2, 0.25) is 0 Å². The van der Waals surface area contributed by atoms with Crippen LogP contribution in [0.25, 0.3) is 0 Å². The number of halogens is 1. The second-order valence-corrected chi connectivity index (χ2v) is 6.62. The van der Waals surface area contributed by atoms with Gasteiger partial charge in [-0.25, -0.2) is 0 Å². The molecule has 21 heavy (non-hydrogen) atoms. The summed E-state index contributed by atoms with van der Waals surface area (Å²) in [4.78, 5) is 0. The zero-order valence-corrected chi connectivity index (χ0v) is 13.6. The molecule has 0 amide bonds. The van der Waals surface area contributed by atoms with E-state index in [0.29, 0.717) is 16.5 Å². The Bertz CT molecular complexity index is 486. The minimum Gasteiger partial charge on any atom is -0.493 e. The third-order valence-electron chi connectivity index (χ3n) is 4.72. The summed E-state index contributed by atoms with van der Waals surface area (Å²) in [6, 6.07) is 3.93. The van der Waals surface area contributed by atoms with E-state index in [4.69, 9.17) is 21.1 Å². The van der Waals surface area contributed by atoms with Gasteiger partial charge in [0.15, 0.2) is 11.5 Å². The minimum absolute atomic E-state index is 0.624. The first-order chi connectivity index (χ1) is 10.2. The predicted molar refractivity (Wildman–Crippen MR) is 85.2 cm³/mol. The Morgan fingerprint density at radius 2 is 1.81 bits per heavy atom. The molecule has 2 aliphatic carbocycles. The van der Waals surface area contributed by atoms with Crippen LogP contribution in [-0.4, -0.2) is 20.8 Å². The molecule has 2 fully saturated rings. The van der Waals surface area contributed by atoms with Crippen molar-refractivity contribution < 1.29 is 9.47 Å². The summed E-state index contributed by atoms with van der Waals surface area (Å²) in [7, 11) is 3.25. The van der Waals surface area contributed by atoms with Gasteiger partial charge in [0.25, 0.3) is 0 Å². The molecule has 0 bridgehead atoms. The highest BCUT2D eigenvalue weighted by Crippen LogP contribution is 2.48. The van der Waals surface area contributed by atoms with Gasteiger partial charge in [-0.3, -0.25) is 0 Å². The summed E-state index contributed by atoms with van der Waals surface area (Å²) in [5, 5.41) is 4.24. The second kappa shape index (κ2) is 6.45. The fraction of sp³-hybridized carbons (Fsp3) is 0.647. The topological polar surface area (TPSA) is 30.5 Å². The summed E-state index contributed by atoms with van der Waals surface area (Å²) in [6.07, 6.45) is 5.72. The van der Waals surface area contributed by atoms with Gasteiger partial charge < -0.3 is 14.8 Å². The Morgan fingerprint density at radius 3 is 2.33 bits per heavy atom. The highest BCUT2D eigenvalue weighted by molar-refractivity contribution is 6.33. The summed E-state index contributed by atoms with van der Waals surface area (Å²) >= 11 is 6.41. The number of hydrogen-bond donors (Lipinski definition) is 1. The van der Waals surface area contributed by atoms with Crippen LogP contribution in [0.15, 0.2) is 12.1 Å². The van der Waals surface area contributed by atoms with E-state index in [1.165, 1.54) is 25.7 Å². The van der Waals surface area contributed by atoms with Crippen molar-refractivity contribution in [2.24, 2.45) is 17.8 Å². The van der Waals surface area contributed by atoms with Gasteiger partial charge in [-0.1, -0.05) is 17.7 Å². The fourth-order valence-corrected chi connectivity index (χ4v) is 3.51. The van der Waals surface area contributed by atoms with Crippen molar-refractivity contribution in [3.8, 4) is 11.5 Å². The first-order valence-electron chi connectivity index (χ1n) is 7.84. The first-order valence-corrected chi connectivity index (χ1v) is 8.22. The Kier molecular flexibility index (Phi) is 4.60. The van der Waals surface area contributed by atoms with Crippen molar-refractivity contribution in [3.63, 3.8) is 0 Å². The maximum absolute atomic E-state index is 6.41. The zero-order valence-electron chi connectivity index (χ0n) is 12.8. The maximum atomic E-state index is 6.41. The van der Waals surface area contributed by atoms with Crippen molar-refractivity contribution >= 4 is 11.6 Å². The molecule has 0 aromatic heterocycles. The Hall–Kier alpha value is -0.930. The fourth-order valence-electron chi connectivity index (χ4n) is 3.21. The van der Waals surface area contributed by atoms with E-state index in [2.05, 4.69) is 5.32 Å². The molecule has 0 saturated heterocycles. The number of benzene rings is 1. The second-order valence-electron chi connectivity index (χ2n) is 6.24. The largest absolute Gasteiger partial charge is 0.493 e. The minimum atomic E-state index is 0.624. The monoisotopic (exact) mass is 309 g/mol. The summed E-state index contributed by atoms with van der Waals surface area (Å²) in [6.45, 7) is 1.90. The number of nitrogens with one attached hydrogen (secondary N) is 1. The molecule has 116 valence electrons. The van der Waals surface area contributed by atoms with E-state index in [1.807, 2.05) is 12.1 Å². The zero-order chi connectivity index (χ0) is 14.8. The van der Waals surface area contributed by atoms with Crippen molar-refractivity contribution in [1.29, 1.82) is 0 Å². The van der Waals surface area contributed by atoms with Crippen LogP contribution in [0.5, 0.6) is 11.5 Å². The Morgan fingerprint density at radius 1 is 1.14 bits per heavy atom. The van der Waals surface area contributed by atoms with E-state index < -0.39 is 0 Å². The van der Waals surface area contributed by atoms with Crippen molar-refractivity contribution in [1.82, 2.24) is 5.32 Å². The molecule has 1 aromatic rings. The van der Waals surface area contributed by atoms with E-state index in [1.54, 1.807) is 14.2 Å². The van der Waals surface area contributed by atoms with E-state index in [-0.39, 0.29) is 0 Å². The van der Waals surface area contributed by atoms with E-state index in [0.717, 1.165) is 36.4 Å². The molecule has 2 saturated carbocycles. The smallest absolute Gasteiger partial charge is 0.179 e. The van der Waals surface area contributed by atoms with Crippen LogP contribution in [0.4, 0.5) is 0 Å². The summed E-state index contributed by atoms with van der Waals surface area (Å²) in [5.41, 5.74) is 1.07. The number of rotatable bonds is 8. The third kappa shape index (κ3) is 3.46. The molecule has 0 heterocycles. The lowest BCUT2D eigenvalue weighted by Gasteiger charge is -2.17. The van der Waals surface area contributed by atoms with Gasteiger partial charge in [-0.15, -0.1) is 0 Å². The van der Waals surface area contributed by atoms with Crippen LogP contribution < -0.4 is 14.8 Å². The van der Waals surface area contributed by atoms with E-state index in [9.17, 15) is 0 Å². The number of methoxy groups -OCH3 is 2. The van der Waals surface area contributed by atoms with Crippen LogP contribution in [0, 0.1) is 17.8 Å². The molecule has 1 aromatic carbocycles. The number of hydrogen-bond acceptors (Lipinski definition) is 3. The SMILES string of the molecule is COc1ccc(CNCC(C2CC2)C2CC2)c(Cl)c1OC. The molecule has 3 nitrogen and oxygen atoms in total. The molecule has 0 radical (unpaired) electrons. The average molecular weight is 310 g/mol. The third-order valence-corrected chi connectivity index (χ3v) is 5.13. The van der Waals surface area contributed by atoms with Crippen molar-refractivity contribution in [3.05, 3.63) is 22.7 Å². The molecule has 0 atom stereocenters. The van der Waals surface area contributed by atoms with E-state index >= 15 is 0 Å². The highest BCUT2D eigenvalue weighted by atomic mass is 35.5. The van der Waals surface area contributed by atoms with Crippen LogP contribution in [-0.2, 0) is 6.54 Å². The number of ether oxygens (including phenoxy) is 2. The molecular formula is C17H24ClNO2. The molecule has 2 aliphatic rings. The van der Waals surface area contributed by atoms with Gasteiger partial charge >= 0.3 is 0 Å².